The molecule has 0 atom stereocenters. The highest BCUT2D eigenvalue weighted by Crippen LogP contribution is 2.21. The highest BCUT2D eigenvalue weighted by Gasteiger charge is 2.02. The minimum Gasteiger partial charge on any atom is -0.355 e. The van der Waals surface area contributed by atoms with E-state index in [9.17, 15) is 4.39 Å². The first-order valence-corrected chi connectivity index (χ1v) is 5.76. The summed E-state index contributed by atoms with van der Waals surface area (Å²) in [7, 11) is 0. The summed E-state index contributed by atoms with van der Waals surface area (Å²) in [5, 5.41) is 3.22. The smallest absolute Gasteiger partial charge is 0.214 e. The third-order valence-electron chi connectivity index (χ3n) is 2.54. The average molecular weight is 230 g/mol. The molecule has 1 heterocycles. The van der Waals surface area contributed by atoms with Crippen LogP contribution in [0.25, 0.3) is 0 Å². The minimum atomic E-state index is -0.469. The number of nitrogens with one attached hydrogen (secondary N) is 1. The van der Waals surface area contributed by atoms with Crippen LogP contribution >= 0.6 is 0 Å². The molecule has 0 unspecified atom stereocenters. The Hall–Kier alpha value is -1.90. The Balaban J connectivity index is 2.23. The predicted octanol–water partition coefficient (Wildman–Crippen LogP) is 3.92. The second-order valence-electron chi connectivity index (χ2n) is 3.90. The second kappa shape index (κ2) is 5.43. The van der Waals surface area contributed by atoms with E-state index >= 15 is 0 Å². The monoisotopic (exact) mass is 230 g/mol. The van der Waals surface area contributed by atoms with Gasteiger partial charge in [-0.15, -0.1) is 0 Å². The zero-order valence-electron chi connectivity index (χ0n) is 9.78. The Kier molecular flexibility index (Phi) is 3.70. The van der Waals surface area contributed by atoms with Crippen molar-refractivity contribution in [3.8, 4) is 0 Å². The second-order valence-corrected chi connectivity index (χ2v) is 3.90. The van der Waals surface area contributed by atoms with Crippen LogP contribution in [0.1, 0.15) is 18.9 Å². The Morgan fingerprint density at radius 3 is 2.82 bits per heavy atom. The van der Waals surface area contributed by atoms with E-state index in [-0.39, 0.29) is 0 Å². The fraction of sp³-hybridized carbons (Fsp3) is 0.214. The molecule has 0 spiro atoms. The van der Waals surface area contributed by atoms with Crippen LogP contribution in [0.4, 0.5) is 15.8 Å². The van der Waals surface area contributed by atoms with E-state index in [4.69, 9.17) is 0 Å². The molecule has 17 heavy (non-hydrogen) atoms. The molecule has 0 saturated heterocycles. The standard InChI is InChI=1S/C14H15FN2/c1-2-5-11-6-3-4-7-13(11)17-12-8-9-16-14(15)10-12/h3-4,6-10H,2,5H2,1H3,(H,16,17). The lowest BCUT2D eigenvalue weighted by molar-refractivity contribution is 0.584. The van der Waals surface area contributed by atoms with Crippen molar-refractivity contribution in [2.75, 3.05) is 5.32 Å². The molecule has 0 aliphatic rings. The Bertz CT molecular complexity index is 497. The highest BCUT2D eigenvalue weighted by molar-refractivity contribution is 5.62. The number of para-hydroxylation sites is 1. The zero-order chi connectivity index (χ0) is 12.1. The van der Waals surface area contributed by atoms with Gasteiger partial charge in [0.25, 0.3) is 0 Å². The maximum atomic E-state index is 13.0. The van der Waals surface area contributed by atoms with Gasteiger partial charge in [0.1, 0.15) is 0 Å². The van der Waals surface area contributed by atoms with Gasteiger partial charge in [-0.05, 0) is 24.1 Å². The molecule has 2 aromatic rings. The van der Waals surface area contributed by atoms with Gasteiger partial charge >= 0.3 is 0 Å². The molecule has 88 valence electrons. The molecule has 1 aromatic carbocycles. The van der Waals surface area contributed by atoms with Gasteiger partial charge in [-0.2, -0.15) is 4.39 Å². The fourth-order valence-corrected chi connectivity index (χ4v) is 1.77. The van der Waals surface area contributed by atoms with Crippen molar-refractivity contribution < 1.29 is 4.39 Å². The molecule has 0 aliphatic heterocycles. The van der Waals surface area contributed by atoms with E-state index < -0.39 is 5.95 Å². The summed E-state index contributed by atoms with van der Waals surface area (Å²) in [4.78, 5) is 3.53. The molecular formula is C14H15FN2. The van der Waals surface area contributed by atoms with Gasteiger partial charge < -0.3 is 5.32 Å². The first kappa shape index (κ1) is 11.6. The molecule has 1 N–H and O–H groups in total. The number of anilines is 2. The normalized spacial score (nSPS) is 10.2. The summed E-state index contributed by atoms with van der Waals surface area (Å²) in [6.07, 6.45) is 3.56. The molecule has 2 nitrogen and oxygen atoms in total. The zero-order valence-corrected chi connectivity index (χ0v) is 9.78. The van der Waals surface area contributed by atoms with Crippen LogP contribution in [0.2, 0.25) is 0 Å². The van der Waals surface area contributed by atoms with Crippen LogP contribution in [0, 0.1) is 5.95 Å². The van der Waals surface area contributed by atoms with Crippen LogP contribution < -0.4 is 5.32 Å². The lowest BCUT2D eigenvalue weighted by Crippen LogP contribution is -1.96. The molecule has 0 bridgehead atoms. The number of hydrogen-bond donors (Lipinski definition) is 1. The summed E-state index contributed by atoms with van der Waals surface area (Å²) in [5.41, 5.74) is 2.99. The summed E-state index contributed by atoms with van der Waals surface area (Å²) in [5.74, 6) is -0.469. The van der Waals surface area contributed by atoms with E-state index in [2.05, 4.69) is 23.3 Å². The SMILES string of the molecule is CCCc1ccccc1Nc1ccnc(F)c1. The topological polar surface area (TPSA) is 24.9 Å². The van der Waals surface area contributed by atoms with Gasteiger partial charge in [0.05, 0.1) is 0 Å². The molecule has 2 rings (SSSR count). The van der Waals surface area contributed by atoms with E-state index in [0.717, 1.165) is 24.2 Å². The number of benzene rings is 1. The summed E-state index contributed by atoms with van der Waals surface area (Å²) in [6.45, 7) is 2.14. The quantitative estimate of drug-likeness (QED) is 0.805. The van der Waals surface area contributed by atoms with Gasteiger partial charge in [0.2, 0.25) is 5.95 Å². The number of pyridine rings is 1. The average Bonchev–Trinajstić information content (AvgIpc) is 2.32. The van der Waals surface area contributed by atoms with E-state index in [1.165, 1.54) is 17.8 Å². The molecule has 0 aliphatic carbocycles. The van der Waals surface area contributed by atoms with Crippen LogP contribution in [-0.2, 0) is 6.42 Å². The predicted molar refractivity (Wildman–Crippen MR) is 67.9 cm³/mol. The molecule has 1 aromatic heterocycles. The van der Waals surface area contributed by atoms with Crippen LogP contribution in [-0.4, -0.2) is 4.98 Å². The summed E-state index contributed by atoms with van der Waals surface area (Å²) < 4.78 is 13.0. The molecule has 3 heteroatoms. The number of halogens is 1. The van der Waals surface area contributed by atoms with Crippen molar-refractivity contribution in [3.63, 3.8) is 0 Å². The fourth-order valence-electron chi connectivity index (χ4n) is 1.77. The highest BCUT2D eigenvalue weighted by atomic mass is 19.1. The van der Waals surface area contributed by atoms with Gasteiger partial charge in [0, 0.05) is 23.6 Å². The van der Waals surface area contributed by atoms with Crippen LogP contribution in [0.15, 0.2) is 42.6 Å². The van der Waals surface area contributed by atoms with Crippen molar-refractivity contribution in [1.82, 2.24) is 4.98 Å². The summed E-state index contributed by atoms with van der Waals surface area (Å²) >= 11 is 0. The van der Waals surface area contributed by atoms with Crippen molar-refractivity contribution in [1.29, 1.82) is 0 Å². The Labute approximate surface area is 101 Å². The van der Waals surface area contributed by atoms with E-state index in [1.54, 1.807) is 6.07 Å². The molecular weight excluding hydrogens is 215 g/mol. The number of nitrogens with zero attached hydrogens (tertiary/aromatic N) is 1. The third-order valence-corrected chi connectivity index (χ3v) is 2.54. The molecule has 0 amide bonds. The Morgan fingerprint density at radius 1 is 1.24 bits per heavy atom. The van der Waals surface area contributed by atoms with Crippen LogP contribution in [0.3, 0.4) is 0 Å². The number of rotatable bonds is 4. The van der Waals surface area contributed by atoms with Crippen molar-refractivity contribution >= 4 is 11.4 Å². The molecule has 0 radical (unpaired) electrons. The molecule has 0 fully saturated rings. The number of hydrogen-bond acceptors (Lipinski definition) is 2. The van der Waals surface area contributed by atoms with Gasteiger partial charge in [-0.3, -0.25) is 0 Å². The molecule has 0 saturated carbocycles. The number of aromatic nitrogens is 1. The van der Waals surface area contributed by atoms with Crippen molar-refractivity contribution in [2.45, 2.75) is 19.8 Å². The lowest BCUT2D eigenvalue weighted by atomic mass is 10.1. The first-order chi connectivity index (χ1) is 8.29. The van der Waals surface area contributed by atoms with Gasteiger partial charge in [0.15, 0.2) is 0 Å². The maximum Gasteiger partial charge on any atom is 0.214 e. The van der Waals surface area contributed by atoms with Gasteiger partial charge in [-0.1, -0.05) is 31.5 Å². The van der Waals surface area contributed by atoms with E-state index in [0.29, 0.717) is 0 Å². The third kappa shape index (κ3) is 3.03. The Morgan fingerprint density at radius 2 is 2.06 bits per heavy atom. The first-order valence-electron chi connectivity index (χ1n) is 5.76. The van der Waals surface area contributed by atoms with Crippen molar-refractivity contribution in [2.24, 2.45) is 0 Å². The van der Waals surface area contributed by atoms with Crippen LogP contribution in [0.5, 0.6) is 0 Å². The number of aryl methyl sites for hydroxylation is 1. The van der Waals surface area contributed by atoms with Gasteiger partial charge in [-0.25, -0.2) is 4.98 Å². The maximum absolute atomic E-state index is 13.0. The largest absolute Gasteiger partial charge is 0.355 e. The summed E-state index contributed by atoms with van der Waals surface area (Å²) in [6, 6.07) is 11.2. The van der Waals surface area contributed by atoms with E-state index in [1.807, 2.05) is 18.2 Å². The minimum absolute atomic E-state index is 0.469. The lowest BCUT2D eigenvalue weighted by Gasteiger charge is -2.11. The van der Waals surface area contributed by atoms with Crippen molar-refractivity contribution in [3.05, 3.63) is 54.1 Å².